The number of carboxylic acid groups (broad SMARTS) is 1. The summed E-state index contributed by atoms with van der Waals surface area (Å²) in [5.74, 6) is -0.789. The molecule has 2 N–H and O–H groups in total. The smallest absolute Gasteiger partial charge is 0.307 e. The van der Waals surface area contributed by atoms with E-state index in [-0.39, 0.29) is 6.42 Å². The summed E-state index contributed by atoms with van der Waals surface area (Å²) in [6, 6.07) is 8.13. The maximum absolute atomic E-state index is 10.5. The van der Waals surface area contributed by atoms with Gasteiger partial charge in [0.05, 0.1) is 6.42 Å². The lowest BCUT2D eigenvalue weighted by Crippen LogP contribution is -2.21. The first kappa shape index (κ1) is 11.7. The van der Waals surface area contributed by atoms with Gasteiger partial charge in [-0.05, 0) is 11.1 Å². The molecular formula is C12H17NO2. The molecule has 0 amide bonds. The Hall–Kier alpha value is -1.35. The van der Waals surface area contributed by atoms with Crippen LogP contribution in [0.15, 0.2) is 24.3 Å². The molecule has 0 fully saturated rings. The third-order valence-corrected chi connectivity index (χ3v) is 2.09. The highest BCUT2D eigenvalue weighted by molar-refractivity contribution is 5.70. The van der Waals surface area contributed by atoms with E-state index in [0.717, 1.165) is 12.1 Å². The van der Waals surface area contributed by atoms with Crippen LogP contribution in [0.2, 0.25) is 0 Å². The Morgan fingerprint density at radius 2 is 1.80 bits per heavy atom. The average molecular weight is 207 g/mol. The summed E-state index contributed by atoms with van der Waals surface area (Å²) < 4.78 is 0. The maximum Gasteiger partial charge on any atom is 0.307 e. The van der Waals surface area contributed by atoms with E-state index in [1.54, 1.807) is 0 Å². The molecule has 1 rings (SSSR count). The monoisotopic (exact) mass is 207 g/mol. The van der Waals surface area contributed by atoms with Gasteiger partial charge in [-0.2, -0.15) is 0 Å². The third-order valence-electron chi connectivity index (χ3n) is 2.09. The van der Waals surface area contributed by atoms with Crippen LogP contribution in [0.3, 0.4) is 0 Å². The Bertz CT molecular complexity index is 317. The van der Waals surface area contributed by atoms with Crippen molar-refractivity contribution in [1.29, 1.82) is 0 Å². The van der Waals surface area contributed by atoms with E-state index in [1.807, 2.05) is 24.3 Å². The van der Waals surface area contributed by atoms with E-state index in [1.165, 1.54) is 5.56 Å². The molecule has 0 heterocycles. The lowest BCUT2D eigenvalue weighted by molar-refractivity contribution is -0.136. The van der Waals surface area contributed by atoms with E-state index < -0.39 is 5.97 Å². The van der Waals surface area contributed by atoms with Crippen molar-refractivity contribution in [3.63, 3.8) is 0 Å². The van der Waals surface area contributed by atoms with Gasteiger partial charge in [-0.25, -0.2) is 0 Å². The molecule has 0 bridgehead atoms. The van der Waals surface area contributed by atoms with E-state index in [2.05, 4.69) is 19.2 Å². The fraction of sp³-hybridized carbons (Fsp3) is 0.417. The first-order valence-corrected chi connectivity index (χ1v) is 5.11. The molecule has 0 saturated carbocycles. The van der Waals surface area contributed by atoms with Gasteiger partial charge < -0.3 is 10.4 Å². The molecule has 82 valence electrons. The summed E-state index contributed by atoms with van der Waals surface area (Å²) in [5.41, 5.74) is 2.02. The van der Waals surface area contributed by atoms with Crippen LogP contribution in [-0.4, -0.2) is 17.1 Å². The Morgan fingerprint density at radius 3 is 2.27 bits per heavy atom. The van der Waals surface area contributed by atoms with Gasteiger partial charge in [0.1, 0.15) is 0 Å². The highest BCUT2D eigenvalue weighted by Gasteiger charge is 2.00. The molecule has 0 radical (unpaired) electrons. The second-order valence-electron chi connectivity index (χ2n) is 3.92. The quantitative estimate of drug-likeness (QED) is 0.774. The fourth-order valence-electron chi connectivity index (χ4n) is 1.27. The normalized spacial score (nSPS) is 10.6. The number of benzene rings is 1. The maximum atomic E-state index is 10.5. The Morgan fingerprint density at radius 1 is 1.27 bits per heavy atom. The number of rotatable bonds is 5. The van der Waals surface area contributed by atoms with Gasteiger partial charge in [0, 0.05) is 12.6 Å². The van der Waals surface area contributed by atoms with Crippen LogP contribution in [0, 0.1) is 0 Å². The molecule has 0 aliphatic heterocycles. The minimum atomic E-state index is -0.789. The van der Waals surface area contributed by atoms with Gasteiger partial charge >= 0.3 is 5.97 Å². The largest absolute Gasteiger partial charge is 0.481 e. The number of carboxylic acids is 1. The molecular weight excluding hydrogens is 190 g/mol. The van der Waals surface area contributed by atoms with Gasteiger partial charge in [0.25, 0.3) is 0 Å². The Labute approximate surface area is 90.1 Å². The van der Waals surface area contributed by atoms with Gasteiger partial charge in [0.2, 0.25) is 0 Å². The van der Waals surface area contributed by atoms with E-state index in [0.29, 0.717) is 6.04 Å². The van der Waals surface area contributed by atoms with Gasteiger partial charge in [0.15, 0.2) is 0 Å². The van der Waals surface area contributed by atoms with E-state index in [4.69, 9.17) is 5.11 Å². The molecule has 15 heavy (non-hydrogen) atoms. The van der Waals surface area contributed by atoms with Gasteiger partial charge in [-0.3, -0.25) is 4.79 Å². The number of aliphatic carboxylic acids is 1. The SMILES string of the molecule is CC(C)NCc1ccc(CC(=O)O)cc1. The van der Waals surface area contributed by atoms with E-state index >= 15 is 0 Å². The van der Waals surface area contributed by atoms with Gasteiger partial charge in [-0.15, -0.1) is 0 Å². The van der Waals surface area contributed by atoms with Crippen LogP contribution in [0.4, 0.5) is 0 Å². The highest BCUT2D eigenvalue weighted by atomic mass is 16.4. The second kappa shape index (κ2) is 5.51. The lowest BCUT2D eigenvalue weighted by Gasteiger charge is -2.08. The summed E-state index contributed by atoms with van der Waals surface area (Å²) in [7, 11) is 0. The van der Waals surface area contributed by atoms with Crippen LogP contribution >= 0.6 is 0 Å². The zero-order valence-corrected chi connectivity index (χ0v) is 9.16. The summed E-state index contributed by atoms with van der Waals surface area (Å²) >= 11 is 0. The number of carbonyl (C=O) groups is 1. The minimum Gasteiger partial charge on any atom is -0.481 e. The average Bonchev–Trinajstić information content (AvgIpc) is 2.16. The number of hydrogen-bond donors (Lipinski definition) is 2. The first-order valence-electron chi connectivity index (χ1n) is 5.11. The van der Waals surface area contributed by atoms with Crippen molar-refractivity contribution in [2.24, 2.45) is 0 Å². The lowest BCUT2D eigenvalue weighted by atomic mass is 10.1. The molecule has 1 aromatic rings. The van der Waals surface area contributed by atoms with E-state index in [9.17, 15) is 4.79 Å². The topological polar surface area (TPSA) is 49.3 Å². The molecule has 0 saturated heterocycles. The predicted octanol–water partition coefficient (Wildman–Crippen LogP) is 1.81. The fourth-order valence-corrected chi connectivity index (χ4v) is 1.27. The second-order valence-corrected chi connectivity index (χ2v) is 3.92. The van der Waals surface area contributed by atoms with Gasteiger partial charge in [-0.1, -0.05) is 38.1 Å². The third kappa shape index (κ3) is 4.61. The zero-order valence-electron chi connectivity index (χ0n) is 9.16. The van der Waals surface area contributed by atoms with Crippen molar-refractivity contribution in [3.8, 4) is 0 Å². The standard InChI is InChI=1S/C12H17NO2/c1-9(2)13-8-11-5-3-10(4-6-11)7-12(14)15/h3-6,9,13H,7-8H2,1-2H3,(H,14,15). The predicted molar refractivity (Wildman–Crippen MR) is 59.8 cm³/mol. The van der Waals surface area contributed by atoms with Crippen LogP contribution in [-0.2, 0) is 17.8 Å². The number of nitrogens with one attached hydrogen (secondary N) is 1. The highest BCUT2D eigenvalue weighted by Crippen LogP contribution is 2.05. The zero-order chi connectivity index (χ0) is 11.3. The molecule has 0 spiro atoms. The summed E-state index contributed by atoms with van der Waals surface area (Å²) in [6.45, 7) is 5.02. The first-order chi connectivity index (χ1) is 7.08. The van der Waals surface area contributed by atoms with Crippen LogP contribution in [0.25, 0.3) is 0 Å². The number of hydrogen-bond acceptors (Lipinski definition) is 2. The van der Waals surface area contributed by atoms with Crippen LogP contribution < -0.4 is 5.32 Å². The van der Waals surface area contributed by atoms with Crippen molar-refractivity contribution in [3.05, 3.63) is 35.4 Å². The van der Waals surface area contributed by atoms with Crippen LogP contribution in [0.1, 0.15) is 25.0 Å². The van der Waals surface area contributed by atoms with Crippen molar-refractivity contribution >= 4 is 5.97 Å². The molecule has 1 aromatic carbocycles. The molecule has 3 nitrogen and oxygen atoms in total. The van der Waals surface area contributed by atoms with Crippen molar-refractivity contribution in [2.75, 3.05) is 0 Å². The molecule has 0 atom stereocenters. The Balaban J connectivity index is 2.52. The Kier molecular flexibility index (Phi) is 4.31. The van der Waals surface area contributed by atoms with Crippen molar-refractivity contribution in [1.82, 2.24) is 5.32 Å². The van der Waals surface area contributed by atoms with Crippen molar-refractivity contribution < 1.29 is 9.90 Å². The molecule has 3 heteroatoms. The molecule has 0 unspecified atom stereocenters. The summed E-state index contributed by atoms with van der Waals surface area (Å²) in [5, 5.41) is 11.9. The van der Waals surface area contributed by atoms with Crippen LogP contribution in [0.5, 0.6) is 0 Å². The molecule has 0 aromatic heterocycles. The minimum absolute atomic E-state index is 0.0951. The molecule has 0 aliphatic carbocycles. The van der Waals surface area contributed by atoms with Crippen molar-refractivity contribution in [2.45, 2.75) is 32.9 Å². The summed E-state index contributed by atoms with van der Waals surface area (Å²) in [6.07, 6.45) is 0.0951. The summed E-state index contributed by atoms with van der Waals surface area (Å²) in [4.78, 5) is 10.5. The molecule has 0 aliphatic rings.